The molecule has 0 fully saturated rings. The van der Waals surface area contributed by atoms with E-state index in [0.717, 1.165) is 31.4 Å². The van der Waals surface area contributed by atoms with Gasteiger partial charge in [-0.1, -0.05) is 59.7 Å². The molecule has 0 N–H and O–H groups in total. The van der Waals surface area contributed by atoms with Crippen LogP contribution in [0.4, 0.5) is 0 Å². The van der Waals surface area contributed by atoms with Gasteiger partial charge >= 0.3 is 0 Å². The molecule has 0 atom stereocenters. The van der Waals surface area contributed by atoms with E-state index in [1.54, 1.807) is 30.3 Å². The summed E-state index contributed by atoms with van der Waals surface area (Å²) in [5, 5.41) is 10.00. The fraction of sp³-hybridized carbons (Fsp3) is 0.633. The fourth-order valence-electron chi connectivity index (χ4n) is 6.53. The van der Waals surface area contributed by atoms with Crippen LogP contribution in [0, 0.1) is 22.2 Å². The summed E-state index contributed by atoms with van der Waals surface area (Å²) in [7, 11) is -3.87. The van der Waals surface area contributed by atoms with Crippen molar-refractivity contribution in [3.63, 3.8) is 0 Å². The Bertz CT molecular complexity index is 1080. The maximum absolute atomic E-state index is 13.4. The molecule has 194 valence electrons. The van der Waals surface area contributed by atoms with Gasteiger partial charge in [0.25, 0.3) is 0 Å². The zero-order chi connectivity index (χ0) is 26.9. The molecule has 5 heteroatoms. The number of hydrogen-bond acceptors (Lipinski definition) is 4. The molecule has 4 nitrogen and oxygen atoms in total. The SMILES string of the molecule is CC(C)(C)CC(C)(C)N(C1=C/C(=C(\C#N)S(=O)(=O)c2ccccc2)CCC1)C(C)(C)CC(C)(C)C. The van der Waals surface area contributed by atoms with Crippen LogP contribution in [0.25, 0.3) is 0 Å². The Hall–Kier alpha value is -2.06. The first-order chi connectivity index (χ1) is 15.8. The van der Waals surface area contributed by atoms with Crippen LogP contribution in [0.5, 0.6) is 0 Å². The Morgan fingerprint density at radius 3 is 1.77 bits per heavy atom. The van der Waals surface area contributed by atoms with Crippen molar-refractivity contribution in [1.82, 2.24) is 4.90 Å². The number of nitriles is 1. The minimum Gasteiger partial charge on any atom is -0.365 e. The van der Waals surface area contributed by atoms with Gasteiger partial charge in [0.15, 0.2) is 4.91 Å². The average molecular weight is 499 g/mol. The summed E-state index contributed by atoms with van der Waals surface area (Å²) in [5.74, 6) is 0. The van der Waals surface area contributed by atoms with E-state index in [4.69, 9.17) is 0 Å². The minimum atomic E-state index is -3.87. The Kier molecular flexibility index (Phi) is 8.44. The van der Waals surface area contributed by atoms with Gasteiger partial charge in [-0.2, -0.15) is 5.26 Å². The standard InChI is InChI=1S/C30H46N2O2S/c1-27(2,3)21-29(7,8)32(30(9,10)22-28(4,5)6)24-16-14-15-23(19-24)26(20-31)35(33,34)25-17-12-11-13-18-25/h11-13,17-19H,14-16,21-22H2,1-10H3/b26-23+. The first-order valence-electron chi connectivity index (χ1n) is 12.7. The Morgan fingerprint density at radius 1 is 0.857 bits per heavy atom. The molecule has 0 spiro atoms. The summed E-state index contributed by atoms with van der Waals surface area (Å²) in [6.07, 6.45) is 6.26. The van der Waals surface area contributed by atoms with E-state index in [1.165, 1.54) is 0 Å². The van der Waals surface area contributed by atoms with Crippen molar-refractivity contribution in [1.29, 1.82) is 5.26 Å². The summed E-state index contributed by atoms with van der Waals surface area (Å²) in [6.45, 7) is 22.8. The number of allylic oxidation sites excluding steroid dienone is 4. The van der Waals surface area contributed by atoms with Gasteiger partial charge in [0, 0.05) is 16.8 Å². The molecule has 0 amide bonds. The van der Waals surface area contributed by atoms with Gasteiger partial charge in [-0.05, 0) is 94.4 Å². The van der Waals surface area contributed by atoms with Crippen LogP contribution in [0.1, 0.15) is 101 Å². The van der Waals surface area contributed by atoms with E-state index in [9.17, 15) is 13.7 Å². The number of benzene rings is 1. The quantitative estimate of drug-likeness (QED) is 0.357. The number of sulfone groups is 1. The van der Waals surface area contributed by atoms with Gasteiger partial charge in [-0.15, -0.1) is 0 Å². The lowest BCUT2D eigenvalue weighted by Gasteiger charge is -2.55. The van der Waals surface area contributed by atoms with E-state index >= 15 is 0 Å². The molecule has 1 aromatic carbocycles. The van der Waals surface area contributed by atoms with Crippen molar-refractivity contribution in [2.75, 3.05) is 0 Å². The molecule has 0 unspecified atom stereocenters. The molecule has 0 saturated heterocycles. The van der Waals surface area contributed by atoms with E-state index in [1.807, 2.05) is 6.08 Å². The first kappa shape index (κ1) is 29.2. The normalized spacial score (nSPS) is 17.5. The Morgan fingerprint density at radius 2 is 1.34 bits per heavy atom. The highest BCUT2D eigenvalue weighted by Crippen LogP contribution is 2.45. The highest BCUT2D eigenvalue weighted by molar-refractivity contribution is 7.95. The summed E-state index contributed by atoms with van der Waals surface area (Å²) < 4.78 is 26.8. The van der Waals surface area contributed by atoms with Gasteiger partial charge in [0.1, 0.15) is 6.07 Å². The second kappa shape index (κ2) is 10.1. The van der Waals surface area contributed by atoms with E-state index < -0.39 is 9.84 Å². The van der Waals surface area contributed by atoms with Crippen LogP contribution in [0.3, 0.4) is 0 Å². The van der Waals surface area contributed by atoms with Gasteiger partial charge in [0.05, 0.1) is 4.90 Å². The largest absolute Gasteiger partial charge is 0.365 e. The number of hydrogen-bond donors (Lipinski definition) is 0. The van der Waals surface area contributed by atoms with E-state index in [0.29, 0.717) is 12.0 Å². The summed E-state index contributed by atoms with van der Waals surface area (Å²) in [4.78, 5) is 2.59. The van der Waals surface area contributed by atoms with Crippen molar-refractivity contribution in [3.8, 4) is 6.07 Å². The molecule has 0 aromatic heterocycles. The average Bonchev–Trinajstić information content (AvgIpc) is 2.65. The summed E-state index contributed by atoms with van der Waals surface area (Å²) in [6, 6.07) is 10.3. The van der Waals surface area contributed by atoms with Crippen molar-refractivity contribution < 1.29 is 8.42 Å². The molecule has 0 radical (unpaired) electrons. The first-order valence-corrected chi connectivity index (χ1v) is 14.2. The number of nitrogens with zero attached hydrogens (tertiary/aromatic N) is 2. The topological polar surface area (TPSA) is 61.2 Å². The molecule has 1 aliphatic carbocycles. The molecular weight excluding hydrogens is 452 g/mol. The van der Waals surface area contributed by atoms with Gasteiger partial charge < -0.3 is 4.90 Å². The maximum Gasteiger partial charge on any atom is 0.216 e. The third-order valence-corrected chi connectivity index (χ3v) is 8.14. The van der Waals surface area contributed by atoms with Crippen molar-refractivity contribution in [2.45, 2.75) is 117 Å². The molecule has 0 saturated carbocycles. The van der Waals surface area contributed by atoms with Crippen molar-refractivity contribution in [3.05, 3.63) is 52.6 Å². The van der Waals surface area contributed by atoms with Gasteiger partial charge in [0.2, 0.25) is 9.84 Å². The van der Waals surface area contributed by atoms with E-state index in [-0.39, 0.29) is 31.7 Å². The van der Waals surface area contributed by atoms with Crippen LogP contribution in [-0.4, -0.2) is 24.4 Å². The molecule has 0 aliphatic heterocycles. The van der Waals surface area contributed by atoms with Crippen LogP contribution < -0.4 is 0 Å². The van der Waals surface area contributed by atoms with Crippen LogP contribution >= 0.6 is 0 Å². The third-order valence-electron chi connectivity index (χ3n) is 6.36. The Labute approximate surface area is 215 Å². The predicted octanol–water partition coefficient (Wildman–Crippen LogP) is 8.04. The highest BCUT2D eigenvalue weighted by atomic mass is 32.2. The van der Waals surface area contributed by atoms with Crippen molar-refractivity contribution >= 4 is 9.84 Å². The lowest BCUT2D eigenvalue weighted by molar-refractivity contribution is 0.00101. The minimum absolute atomic E-state index is 0.122. The molecule has 0 bridgehead atoms. The summed E-state index contributed by atoms with van der Waals surface area (Å²) in [5.41, 5.74) is 1.69. The van der Waals surface area contributed by atoms with Crippen molar-refractivity contribution in [2.24, 2.45) is 10.8 Å². The van der Waals surface area contributed by atoms with Crippen LogP contribution in [0.2, 0.25) is 0 Å². The lowest BCUT2D eigenvalue weighted by atomic mass is 9.74. The summed E-state index contributed by atoms with van der Waals surface area (Å²) >= 11 is 0. The molecule has 0 heterocycles. The van der Waals surface area contributed by atoms with E-state index in [2.05, 4.69) is 80.2 Å². The second-order valence-electron chi connectivity index (χ2n) is 13.7. The molecule has 2 rings (SSSR count). The second-order valence-corrected chi connectivity index (χ2v) is 15.6. The van der Waals surface area contributed by atoms with Crippen LogP contribution in [0.15, 0.2) is 57.5 Å². The lowest BCUT2D eigenvalue weighted by Crippen LogP contribution is -2.57. The molecule has 1 aromatic rings. The van der Waals surface area contributed by atoms with Gasteiger partial charge in [-0.25, -0.2) is 8.42 Å². The monoisotopic (exact) mass is 498 g/mol. The smallest absolute Gasteiger partial charge is 0.216 e. The third kappa shape index (κ3) is 7.46. The predicted molar refractivity (Wildman–Crippen MR) is 146 cm³/mol. The molecule has 1 aliphatic rings. The van der Waals surface area contributed by atoms with Crippen LogP contribution in [-0.2, 0) is 9.84 Å². The number of rotatable bonds is 7. The molecular formula is C30H46N2O2S. The van der Waals surface area contributed by atoms with Gasteiger partial charge in [-0.3, -0.25) is 0 Å². The zero-order valence-corrected chi connectivity index (χ0v) is 24.4. The fourth-order valence-corrected chi connectivity index (χ4v) is 7.91. The maximum atomic E-state index is 13.4. The highest BCUT2D eigenvalue weighted by Gasteiger charge is 2.43. The molecule has 35 heavy (non-hydrogen) atoms. The zero-order valence-electron chi connectivity index (χ0n) is 23.6. The Balaban J connectivity index is 2.72.